The van der Waals surface area contributed by atoms with Crippen molar-refractivity contribution in [1.29, 1.82) is 0 Å². The lowest BCUT2D eigenvalue weighted by atomic mass is 10.2. The van der Waals surface area contributed by atoms with E-state index in [1.54, 1.807) is 30.3 Å². The Bertz CT molecular complexity index is 618. The van der Waals surface area contributed by atoms with Crippen molar-refractivity contribution in [2.75, 3.05) is 0 Å². The number of rotatable bonds is 3. The van der Waals surface area contributed by atoms with Gasteiger partial charge in [0, 0.05) is 16.0 Å². The van der Waals surface area contributed by atoms with Crippen LogP contribution in [0.25, 0.3) is 0 Å². The third-order valence-electron chi connectivity index (χ3n) is 2.52. The van der Waals surface area contributed by atoms with Crippen LogP contribution in [0.1, 0.15) is 15.9 Å². The summed E-state index contributed by atoms with van der Waals surface area (Å²) in [6, 6.07) is 11.0. The van der Waals surface area contributed by atoms with Crippen LogP contribution in [-0.2, 0) is 6.54 Å². The van der Waals surface area contributed by atoms with E-state index >= 15 is 0 Å². The molecule has 0 heterocycles. The fourth-order valence-corrected chi connectivity index (χ4v) is 2.46. The van der Waals surface area contributed by atoms with E-state index in [1.165, 1.54) is 12.1 Å². The maximum atomic E-state index is 13.0. The number of hydrogen-bond acceptors (Lipinski definition) is 1. The SMILES string of the molecule is O=C(NCc1cccc(F)c1)c1ccc(Cl)cc1Br. The molecule has 0 aromatic heterocycles. The number of halogens is 3. The minimum absolute atomic E-state index is 0.243. The van der Waals surface area contributed by atoms with E-state index < -0.39 is 0 Å². The van der Waals surface area contributed by atoms with Crippen molar-refractivity contribution in [3.8, 4) is 0 Å². The van der Waals surface area contributed by atoms with E-state index in [1.807, 2.05) is 0 Å². The van der Waals surface area contributed by atoms with Crippen molar-refractivity contribution in [2.45, 2.75) is 6.54 Å². The molecule has 0 saturated carbocycles. The molecule has 0 aliphatic heterocycles. The van der Waals surface area contributed by atoms with Crippen molar-refractivity contribution < 1.29 is 9.18 Å². The average molecular weight is 343 g/mol. The van der Waals surface area contributed by atoms with E-state index in [-0.39, 0.29) is 18.3 Å². The first-order valence-electron chi connectivity index (χ1n) is 5.54. The Balaban J connectivity index is 2.05. The Kier molecular flexibility index (Phi) is 4.56. The van der Waals surface area contributed by atoms with E-state index in [2.05, 4.69) is 21.2 Å². The van der Waals surface area contributed by atoms with Crippen LogP contribution < -0.4 is 5.32 Å². The van der Waals surface area contributed by atoms with Gasteiger partial charge in [-0.25, -0.2) is 4.39 Å². The van der Waals surface area contributed by atoms with Gasteiger partial charge in [0.2, 0.25) is 0 Å². The topological polar surface area (TPSA) is 29.1 Å². The molecular weight excluding hydrogens is 333 g/mol. The van der Waals surface area contributed by atoms with Crippen LogP contribution in [-0.4, -0.2) is 5.91 Å². The van der Waals surface area contributed by atoms with Gasteiger partial charge >= 0.3 is 0 Å². The first-order valence-corrected chi connectivity index (χ1v) is 6.71. The predicted molar refractivity (Wildman–Crippen MR) is 76.7 cm³/mol. The van der Waals surface area contributed by atoms with Crippen LogP contribution >= 0.6 is 27.5 Å². The zero-order valence-electron chi connectivity index (χ0n) is 9.79. The highest BCUT2D eigenvalue weighted by Gasteiger charge is 2.10. The van der Waals surface area contributed by atoms with Gasteiger partial charge in [-0.15, -0.1) is 0 Å². The molecule has 2 rings (SSSR count). The number of amides is 1. The molecule has 0 fully saturated rings. The van der Waals surface area contributed by atoms with E-state index in [0.29, 0.717) is 20.6 Å². The third-order valence-corrected chi connectivity index (χ3v) is 3.41. The van der Waals surface area contributed by atoms with Crippen molar-refractivity contribution >= 4 is 33.4 Å². The molecule has 0 bridgehead atoms. The Morgan fingerprint density at radius 1 is 1.26 bits per heavy atom. The molecule has 5 heteroatoms. The van der Waals surface area contributed by atoms with Crippen LogP contribution in [0.2, 0.25) is 5.02 Å². The molecule has 0 radical (unpaired) electrons. The van der Waals surface area contributed by atoms with E-state index in [9.17, 15) is 9.18 Å². The van der Waals surface area contributed by atoms with Gasteiger partial charge in [-0.3, -0.25) is 4.79 Å². The average Bonchev–Trinajstić information content (AvgIpc) is 2.36. The van der Waals surface area contributed by atoms with Crippen LogP contribution in [0.4, 0.5) is 4.39 Å². The van der Waals surface area contributed by atoms with Gasteiger partial charge in [-0.05, 0) is 51.8 Å². The normalized spacial score (nSPS) is 10.3. The van der Waals surface area contributed by atoms with Gasteiger partial charge in [0.15, 0.2) is 0 Å². The lowest BCUT2D eigenvalue weighted by molar-refractivity contribution is 0.0950. The largest absolute Gasteiger partial charge is 0.348 e. The predicted octanol–water partition coefficient (Wildman–Crippen LogP) is 4.17. The summed E-state index contributed by atoms with van der Waals surface area (Å²) in [5.74, 6) is -0.563. The monoisotopic (exact) mass is 341 g/mol. The fourth-order valence-electron chi connectivity index (χ4n) is 1.60. The molecule has 0 atom stereocenters. The highest BCUT2D eigenvalue weighted by Crippen LogP contribution is 2.21. The molecule has 1 N–H and O–H groups in total. The van der Waals surface area contributed by atoms with Crippen molar-refractivity contribution in [3.05, 3.63) is 68.9 Å². The summed E-state index contributed by atoms with van der Waals surface area (Å²) in [5, 5.41) is 3.27. The number of carbonyl (C=O) groups is 1. The number of carbonyl (C=O) groups excluding carboxylic acids is 1. The van der Waals surface area contributed by atoms with Crippen molar-refractivity contribution in [1.82, 2.24) is 5.32 Å². The Morgan fingerprint density at radius 2 is 2.05 bits per heavy atom. The minimum atomic E-state index is -0.320. The molecule has 0 aliphatic rings. The summed E-state index contributed by atoms with van der Waals surface area (Å²) in [6.45, 7) is 0.270. The minimum Gasteiger partial charge on any atom is -0.348 e. The zero-order chi connectivity index (χ0) is 13.8. The summed E-state index contributed by atoms with van der Waals surface area (Å²) in [4.78, 5) is 12.0. The maximum Gasteiger partial charge on any atom is 0.252 e. The third kappa shape index (κ3) is 3.78. The van der Waals surface area contributed by atoms with Crippen molar-refractivity contribution in [3.63, 3.8) is 0 Å². The van der Waals surface area contributed by atoms with Gasteiger partial charge in [0.1, 0.15) is 5.82 Å². The lowest BCUT2D eigenvalue weighted by Crippen LogP contribution is -2.23. The second kappa shape index (κ2) is 6.17. The molecule has 0 unspecified atom stereocenters. The van der Waals surface area contributed by atoms with E-state index in [4.69, 9.17) is 11.6 Å². The summed E-state index contributed by atoms with van der Waals surface area (Å²) >= 11 is 9.09. The molecule has 0 spiro atoms. The molecular formula is C14H10BrClFNO. The smallest absolute Gasteiger partial charge is 0.252 e. The molecule has 2 aromatic carbocycles. The first-order chi connectivity index (χ1) is 9.06. The molecule has 98 valence electrons. The second-order valence-electron chi connectivity index (χ2n) is 3.94. The number of nitrogens with one attached hydrogen (secondary N) is 1. The van der Waals surface area contributed by atoms with Crippen LogP contribution in [0.3, 0.4) is 0 Å². The van der Waals surface area contributed by atoms with Crippen LogP contribution in [0.15, 0.2) is 46.9 Å². The molecule has 0 saturated heterocycles. The second-order valence-corrected chi connectivity index (χ2v) is 5.23. The molecule has 19 heavy (non-hydrogen) atoms. The highest BCUT2D eigenvalue weighted by atomic mass is 79.9. The van der Waals surface area contributed by atoms with Gasteiger partial charge in [-0.2, -0.15) is 0 Å². The Morgan fingerprint density at radius 3 is 2.74 bits per heavy atom. The highest BCUT2D eigenvalue weighted by molar-refractivity contribution is 9.10. The molecule has 0 aliphatic carbocycles. The lowest BCUT2D eigenvalue weighted by Gasteiger charge is -2.07. The Labute approximate surface area is 123 Å². The van der Waals surface area contributed by atoms with Gasteiger partial charge in [0.25, 0.3) is 5.91 Å². The molecule has 2 aromatic rings. The van der Waals surface area contributed by atoms with Crippen LogP contribution in [0, 0.1) is 5.82 Å². The zero-order valence-corrected chi connectivity index (χ0v) is 12.1. The van der Waals surface area contributed by atoms with E-state index in [0.717, 1.165) is 0 Å². The van der Waals surface area contributed by atoms with Crippen LogP contribution in [0.5, 0.6) is 0 Å². The standard InChI is InChI=1S/C14H10BrClFNO/c15-13-7-10(16)4-5-12(13)14(19)18-8-9-2-1-3-11(17)6-9/h1-7H,8H2,(H,18,19). The van der Waals surface area contributed by atoms with Gasteiger partial charge < -0.3 is 5.32 Å². The summed E-state index contributed by atoms with van der Waals surface area (Å²) in [6.07, 6.45) is 0. The summed E-state index contributed by atoms with van der Waals surface area (Å²) < 4.78 is 13.6. The van der Waals surface area contributed by atoms with Gasteiger partial charge in [0.05, 0.1) is 5.56 Å². The number of hydrogen-bond donors (Lipinski definition) is 1. The fraction of sp³-hybridized carbons (Fsp3) is 0.0714. The molecule has 2 nitrogen and oxygen atoms in total. The molecule has 1 amide bonds. The van der Waals surface area contributed by atoms with Crippen molar-refractivity contribution in [2.24, 2.45) is 0 Å². The number of benzene rings is 2. The Hall–Kier alpha value is -1.39. The first kappa shape index (κ1) is 14.0. The summed E-state index contributed by atoms with van der Waals surface area (Å²) in [5.41, 5.74) is 1.19. The summed E-state index contributed by atoms with van der Waals surface area (Å²) in [7, 11) is 0. The quantitative estimate of drug-likeness (QED) is 0.891. The van der Waals surface area contributed by atoms with Gasteiger partial charge in [-0.1, -0.05) is 23.7 Å². The maximum absolute atomic E-state index is 13.0.